The molecule has 0 aliphatic heterocycles. The number of nitrogens with one attached hydrogen (secondary N) is 2. The molecule has 0 aliphatic rings. The number of benzene rings is 1. The van der Waals surface area contributed by atoms with E-state index in [-0.39, 0.29) is 16.7 Å². The maximum atomic E-state index is 12.4. The van der Waals surface area contributed by atoms with Gasteiger partial charge in [-0.25, -0.2) is 4.98 Å². The van der Waals surface area contributed by atoms with Gasteiger partial charge in [0, 0.05) is 11.1 Å². The molecular weight excluding hydrogens is 332 g/mol. The fourth-order valence-electron chi connectivity index (χ4n) is 2.12. The number of anilines is 1. The lowest BCUT2D eigenvalue weighted by atomic mass is 9.95. The molecule has 2 N–H and O–H groups in total. The number of rotatable bonds is 4. The minimum absolute atomic E-state index is 0.0294. The predicted molar refractivity (Wildman–Crippen MR) is 89.3 cm³/mol. The van der Waals surface area contributed by atoms with Crippen LogP contribution >= 0.6 is 0 Å². The molecular formula is C17H19F2N3O3. The summed E-state index contributed by atoms with van der Waals surface area (Å²) in [5.74, 6) is -0.174. The van der Waals surface area contributed by atoms with Gasteiger partial charge in [-0.15, -0.1) is 0 Å². The zero-order chi connectivity index (χ0) is 18.8. The summed E-state index contributed by atoms with van der Waals surface area (Å²) in [6.45, 7) is 4.35. The van der Waals surface area contributed by atoms with Gasteiger partial charge in [-0.05, 0) is 31.2 Å². The first-order chi connectivity index (χ1) is 11.6. The lowest BCUT2D eigenvalue weighted by Gasteiger charge is -2.18. The highest BCUT2D eigenvalue weighted by molar-refractivity contribution is 6.04. The van der Waals surface area contributed by atoms with Gasteiger partial charge in [-0.3, -0.25) is 9.59 Å². The van der Waals surface area contributed by atoms with Gasteiger partial charge in [0.15, 0.2) is 0 Å². The van der Waals surface area contributed by atoms with Crippen LogP contribution in [0.1, 0.15) is 42.6 Å². The van der Waals surface area contributed by atoms with E-state index in [9.17, 15) is 18.4 Å². The summed E-state index contributed by atoms with van der Waals surface area (Å²) in [4.78, 5) is 31.5. The van der Waals surface area contributed by atoms with Crippen molar-refractivity contribution < 1.29 is 18.3 Å². The van der Waals surface area contributed by atoms with Crippen LogP contribution in [0.15, 0.2) is 29.1 Å². The summed E-state index contributed by atoms with van der Waals surface area (Å²) in [5.41, 5.74) is -0.345. The van der Waals surface area contributed by atoms with Crippen molar-refractivity contribution in [2.45, 2.75) is 39.7 Å². The number of aromatic amines is 1. The molecule has 0 saturated carbocycles. The summed E-state index contributed by atoms with van der Waals surface area (Å²) in [5, 5.41) is 2.54. The second-order valence-electron chi connectivity index (χ2n) is 6.48. The molecule has 1 aromatic heterocycles. The Balaban J connectivity index is 2.22. The van der Waals surface area contributed by atoms with Crippen LogP contribution in [-0.4, -0.2) is 22.5 Å². The van der Waals surface area contributed by atoms with Crippen molar-refractivity contribution in [3.8, 4) is 5.75 Å². The van der Waals surface area contributed by atoms with Gasteiger partial charge < -0.3 is 15.0 Å². The minimum Gasteiger partial charge on any atom is -0.435 e. The smallest absolute Gasteiger partial charge is 0.387 e. The van der Waals surface area contributed by atoms with Crippen molar-refractivity contribution in [2.24, 2.45) is 0 Å². The summed E-state index contributed by atoms with van der Waals surface area (Å²) in [6, 6.07) is 5.38. The molecule has 25 heavy (non-hydrogen) atoms. The number of alkyl halides is 2. The Morgan fingerprint density at radius 2 is 1.84 bits per heavy atom. The number of ether oxygens (including phenoxy) is 1. The molecule has 0 atom stereocenters. The zero-order valence-corrected chi connectivity index (χ0v) is 14.3. The zero-order valence-electron chi connectivity index (χ0n) is 14.3. The van der Waals surface area contributed by atoms with Gasteiger partial charge in [0.25, 0.3) is 11.5 Å². The van der Waals surface area contributed by atoms with E-state index in [1.807, 2.05) is 20.8 Å². The Labute approximate surface area is 143 Å². The molecule has 8 heteroatoms. The number of hydrogen-bond donors (Lipinski definition) is 2. The number of halogens is 2. The number of hydrogen-bond acceptors (Lipinski definition) is 4. The molecule has 0 radical (unpaired) electrons. The quantitative estimate of drug-likeness (QED) is 0.886. The Kier molecular flexibility index (Phi) is 5.20. The molecule has 1 amide bonds. The van der Waals surface area contributed by atoms with Crippen molar-refractivity contribution in [3.05, 3.63) is 51.7 Å². The molecule has 134 valence electrons. The third-order valence-corrected chi connectivity index (χ3v) is 3.38. The lowest BCUT2D eigenvalue weighted by molar-refractivity contribution is -0.0498. The summed E-state index contributed by atoms with van der Waals surface area (Å²) in [6.07, 6.45) is 0. The standard InChI is InChI=1S/C17H19F2N3O3/c1-9-12(14(24)22-15(20-9)17(2,3)4)13(23)21-10-5-7-11(8-6-10)25-16(18)19/h5-8,16H,1-4H3,(H,21,23)(H,20,22,24). The second-order valence-corrected chi connectivity index (χ2v) is 6.48. The van der Waals surface area contributed by atoms with Gasteiger partial charge in [0.05, 0.1) is 5.69 Å². The Morgan fingerprint density at radius 3 is 2.32 bits per heavy atom. The van der Waals surface area contributed by atoms with Crippen molar-refractivity contribution in [1.29, 1.82) is 0 Å². The number of amides is 1. The fourth-order valence-corrected chi connectivity index (χ4v) is 2.12. The third kappa shape index (κ3) is 4.62. The molecule has 0 bridgehead atoms. The highest BCUT2D eigenvalue weighted by atomic mass is 19.3. The molecule has 0 fully saturated rings. The van der Waals surface area contributed by atoms with Crippen molar-refractivity contribution >= 4 is 11.6 Å². The number of carbonyl (C=O) groups excluding carboxylic acids is 1. The van der Waals surface area contributed by atoms with Crippen molar-refractivity contribution in [3.63, 3.8) is 0 Å². The molecule has 2 rings (SSSR count). The van der Waals surface area contributed by atoms with E-state index in [4.69, 9.17) is 0 Å². The van der Waals surface area contributed by atoms with Gasteiger partial charge in [0.2, 0.25) is 0 Å². The maximum Gasteiger partial charge on any atom is 0.387 e. The van der Waals surface area contributed by atoms with Gasteiger partial charge in [-0.1, -0.05) is 20.8 Å². The highest BCUT2D eigenvalue weighted by Gasteiger charge is 2.22. The van der Waals surface area contributed by atoms with Crippen LogP contribution in [0.2, 0.25) is 0 Å². The molecule has 0 spiro atoms. The Morgan fingerprint density at radius 1 is 1.24 bits per heavy atom. The van der Waals surface area contributed by atoms with Crippen LogP contribution in [0.5, 0.6) is 5.75 Å². The van der Waals surface area contributed by atoms with Crippen molar-refractivity contribution in [2.75, 3.05) is 5.32 Å². The largest absolute Gasteiger partial charge is 0.435 e. The topological polar surface area (TPSA) is 84.1 Å². The molecule has 2 aromatic rings. The van der Waals surface area contributed by atoms with E-state index in [0.29, 0.717) is 17.2 Å². The molecule has 0 saturated heterocycles. The fraction of sp³-hybridized carbons (Fsp3) is 0.353. The third-order valence-electron chi connectivity index (χ3n) is 3.38. The first-order valence-electron chi connectivity index (χ1n) is 7.55. The Hall–Kier alpha value is -2.77. The average molecular weight is 351 g/mol. The van der Waals surface area contributed by atoms with E-state index in [0.717, 1.165) is 0 Å². The summed E-state index contributed by atoms with van der Waals surface area (Å²) in [7, 11) is 0. The molecule has 6 nitrogen and oxygen atoms in total. The monoisotopic (exact) mass is 351 g/mol. The van der Waals surface area contributed by atoms with Crippen LogP contribution < -0.4 is 15.6 Å². The van der Waals surface area contributed by atoms with E-state index in [1.165, 1.54) is 24.3 Å². The second kappa shape index (κ2) is 7.00. The normalized spacial score (nSPS) is 11.5. The van der Waals surface area contributed by atoms with Crippen LogP contribution in [0, 0.1) is 6.92 Å². The Bertz CT molecular complexity index is 825. The number of nitrogens with zero attached hydrogens (tertiary/aromatic N) is 1. The molecule has 1 aromatic carbocycles. The summed E-state index contributed by atoms with van der Waals surface area (Å²) >= 11 is 0. The van der Waals surface area contributed by atoms with E-state index in [2.05, 4.69) is 20.0 Å². The number of H-pyrrole nitrogens is 1. The molecule has 1 heterocycles. The van der Waals surface area contributed by atoms with Crippen LogP contribution in [0.3, 0.4) is 0 Å². The van der Waals surface area contributed by atoms with Gasteiger partial charge in [0.1, 0.15) is 17.1 Å². The SMILES string of the molecule is Cc1nc(C(C)(C)C)[nH]c(=O)c1C(=O)Nc1ccc(OC(F)F)cc1. The van der Waals surface area contributed by atoms with Gasteiger partial charge in [-0.2, -0.15) is 8.78 Å². The summed E-state index contributed by atoms with van der Waals surface area (Å²) < 4.78 is 28.5. The first kappa shape index (κ1) is 18.6. The van der Waals surface area contributed by atoms with Crippen LogP contribution in [0.4, 0.5) is 14.5 Å². The maximum absolute atomic E-state index is 12.4. The van der Waals surface area contributed by atoms with Gasteiger partial charge >= 0.3 is 6.61 Å². The average Bonchev–Trinajstić information content (AvgIpc) is 2.47. The van der Waals surface area contributed by atoms with Crippen LogP contribution in [0.25, 0.3) is 0 Å². The number of aryl methyl sites for hydroxylation is 1. The molecule has 0 aliphatic carbocycles. The van der Waals surface area contributed by atoms with Crippen LogP contribution in [-0.2, 0) is 5.41 Å². The van der Waals surface area contributed by atoms with E-state index in [1.54, 1.807) is 6.92 Å². The minimum atomic E-state index is -2.92. The van der Waals surface area contributed by atoms with Crippen molar-refractivity contribution in [1.82, 2.24) is 9.97 Å². The first-order valence-corrected chi connectivity index (χ1v) is 7.55. The number of aromatic nitrogens is 2. The molecule has 0 unspecified atom stereocenters. The van der Waals surface area contributed by atoms with E-state index < -0.39 is 18.1 Å². The predicted octanol–water partition coefficient (Wildman–Crippen LogP) is 3.23. The highest BCUT2D eigenvalue weighted by Crippen LogP contribution is 2.19. The van der Waals surface area contributed by atoms with E-state index >= 15 is 0 Å². The number of carbonyl (C=O) groups is 1. The lowest BCUT2D eigenvalue weighted by Crippen LogP contribution is -2.30.